The van der Waals surface area contributed by atoms with E-state index in [1.54, 1.807) is 13.0 Å². The van der Waals surface area contributed by atoms with Crippen LogP contribution in [-0.2, 0) is 19.0 Å². The Morgan fingerprint density at radius 3 is 3.20 bits per heavy atom. The van der Waals surface area contributed by atoms with Crippen molar-refractivity contribution in [1.29, 1.82) is 0 Å². The van der Waals surface area contributed by atoms with E-state index in [0.717, 1.165) is 0 Å². The van der Waals surface area contributed by atoms with Crippen LogP contribution in [-0.4, -0.2) is 37.2 Å². The number of nitrogens with one attached hydrogen (secondary N) is 1. The number of carbonyl (C=O) groups excluding carboxylic acids is 1. The molecule has 2 unspecified atom stereocenters. The first-order chi connectivity index (χ1) is 7.09. The summed E-state index contributed by atoms with van der Waals surface area (Å²) in [5.74, 6) is -1.54. The van der Waals surface area contributed by atoms with Gasteiger partial charge in [-0.05, 0) is 0 Å². The van der Waals surface area contributed by atoms with Gasteiger partial charge in [-0.2, -0.15) is 0 Å². The third-order valence-electron chi connectivity index (χ3n) is 1.76. The largest absolute Gasteiger partial charge is 0.327 e. The number of amides is 1. The van der Waals surface area contributed by atoms with Crippen LogP contribution >= 0.6 is 11.6 Å². The molecule has 1 amide bonds. The summed E-state index contributed by atoms with van der Waals surface area (Å²) in [6.07, 6.45) is 1.06. The molecular formula is C9H14ClNO4. The summed E-state index contributed by atoms with van der Waals surface area (Å²) in [6, 6.07) is 0. The van der Waals surface area contributed by atoms with Crippen molar-refractivity contribution in [1.82, 2.24) is 5.32 Å². The molecule has 15 heavy (non-hydrogen) atoms. The van der Waals surface area contributed by atoms with Crippen LogP contribution in [0.25, 0.3) is 0 Å². The lowest BCUT2D eigenvalue weighted by Crippen LogP contribution is -2.39. The van der Waals surface area contributed by atoms with Gasteiger partial charge in [0, 0.05) is 6.92 Å². The molecule has 1 heterocycles. The summed E-state index contributed by atoms with van der Waals surface area (Å²) in [6.45, 7) is 5.68. The molecule has 2 atom stereocenters. The van der Waals surface area contributed by atoms with Crippen LogP contribution in [0.15, 0.2) is 12.7 Å². The minimum atomic E-state index is -1.13. The van der Waals surface area contributed by atoms with Gasteiger partial charge in [-0.25, -0.2) is 0 Å². The van der Waals surface area contributed by atoms with Gasteiger partial charge in [0.1, 0.15) is 5.88 Å². The molecule has 86 valence electrons. The maximum absolute atomic E-state index is 11.0. The van der Waals surface area contributed by atoms with Crippen molar-refractivity contribution in [2.45, 2.75) is 19.1 Å². The Morgan fingerprint density at radius 2 is 2.60 bits per heavy atom. The van der Waals surface area contributed by atoms with Crippen LogP contribution in [0.1, 0.15) is 6.92 Å². The Bertz CT molecular complexity index is 248. The topological polar surface area (TPSA) is 56.8 Å². The highest BCUT2D eigenvalue weighted by Crippen LogP contribution is 2.23. The zero-order valence-corrected chi connectivity index (χ0v) is 9.25. The highest BCUT2D eigenvalue weighted by molar-refractivity contribution is 6.27. The number of hydrogen-bond donors (Lipinski definition) is 1. The van der Waals surface area contributed by atoms with E-state index in [9.17, 15) is 4.79 Å². The summed E-state index contributed by atoms with van der Waals surface area (Å²) in [5, 5.41) is 2.54. The maximum Gasteiger partial charge on any atom is 0.282 e. The van der Waals surface area contributed by atoms with Gasteiger partial charge in [0.2, 0.25) is 5.91 Å². The van der Waals surface area contributed by atoms with Crippen LogP contribution in [0, 0.1) is 0 Å². The van der Waals surface area contributed by atoms with Crippen LogP contribution in [0.4, 0.5) is 0 Å². The second kappa shape index (κ2) is 5.46. The lowest BCUT2D eigenvalue weighted by atomic mass is 10.5. The van der Waals surface area contributed by atoms with E-state index in [4.69, 9.17) is 25.8 Å². The average molecular weight is 236 g/mol. The molecule has 1 aliphatic heterocycles. The minimum Gasteiger partial charge on any atom is -0.327 e. The van der Waals surface area contributed by atoms with Gasteiger partial charge in [-0.3, -0.25) is 4.79 Å². The Hall–Kier alpha value is -0.620. The van der Waals surface area contributed by atoms with Crippen molar-refractivity contribution in [2.24, 2.45) is 0 Å². The predicted octanol–water partition coefficient (Wildman–Crippen LogP) is 0.591. The van der Waals surface area contributed by atoms with Crippen molar-refractivity contribution < 1.29 is 19.0 Å². The van der Waals surface area contributed by atoms with Crippen molar-refractivity contribution in [3.63, 3.8) is 0 Å². The standard InChI is InChI=1S/C9H14ClNO4/c1-3-4-13-9(2)14-6-8(15-9)11-7(12)5-10/h3,8H,1,4-6H2,2H3,(H,11,12). The molecule has 0 spiro atoms. The molecule has 1 rings (SSSR count). The summed E-state index contributed by atoms with van der Waals surface area (Å²) in [7, 11) is 0. The number of rotatable bonds is 5. The minimum absolute atomic E-state index is 0.107. The number of hydrogen-bond acceptors (Lipinski definition) is 4. The van der Waals surface area contributed by atoms with Crippen LogP contribution < -0.4 is 5.32 Å². The van der Waals surface area contributed by atoms with Gasteiger partial charge in [-0.15, -0.1) is 18.2 Å². The average Bonchev–Trinajstić information content (AvgIpc) is 2.58. The number of carbonyl (C=O) groups is 1. The lowest BCUT2D eigenvalue weighted by molar-refractivity contribution is -0.321. The molecule has 0 aromatic heterocycles. The number of ether oxygens (including phenoxy) is 3. The Labute approximate surface area is 93.3 Å². The van der Waals surface area contributed by atoms with E-state index in [0.29, 0.717) is 6.61 Å². The third kappa shape index (κ3) is 3.79. The first-order valence-corrected chi connectivity index (χ1v) is 5.05. The quantitative estimate of drug-likeness (QED) is 0.560. The fourth-order valence-corrected chi connectivity index (χ4v) is 1.21. The van der Waals surface area contributed by atoms with Crippen molar-refractivity contribution in [2.75, 3.05) is 19.1 Å². The molecule has 1 N–H and O–H groups in total. The van der Waals surface area contributed by atoms with Crippen molar-refractivity contribution in [3.8, 4) is 0 Å². The predicted molar refractivity (Wildman–Crippen MR) is 54.2 cm³/mol. The van der Waals surface area contributed by atoms with Crippen LogP contribution in [0.2, 0.25) is 0 Å². The highest BCUT2D eigenvalue weighted by Gasteiger charge is 2.38. The summed E-state index contributed by atoms with van der Waals surface area (Å²) >= 11 is 5.33. The molecule has 0 bridgehead atoms. The van der Waals surface area contributed by atoms with E-state index < -0.39 is 12.2 Å². The Kier molecular flexibility index (Phi) is 4.53. The first kappa shape index (κ1) is 12.4. The van der Waals surface area contributed by atoms with Gasteiger partial charge in [0.15, 0.2) is 6.23 Å². The van der Waals surface area contributed by atoms with Crippen molar-refractivity contribution >= 4 is 17.5 Å². The molecule has 5 nitrogen and oxygen atoms in total. The normalized spacial score (nSPS) is 30.1. The molecule has 0 aliphatic carbocycles. The maximum atomic E-state index is 11.0. The van der Waals surface area contributed by atoms with Gasteiger partial charge >= 0.3 is 0 Å². The smallest absolute Gasteiger partial charge is 0.282 e. The lowest BCUT2D eigenvalue weighted by Gasteiger charge is -2.22. The first-order valence-electron chi connectivity index (χ1n) is 4.51. The zero-order chi connectivity index (χ0) is 11.3. The molecule has 6 heteroatoms. The van der Waals surface area contributed by atoms with Crippen molar-refractivity contribution in [3.05, 3.63) is 12.7 Å². The fraction of sp³-hybridized carbons (Fsp3) is 0.667. The second-order valence-corrected chi connectivity index (χ2v) is 3.35. The fourth-order valence-electron chi connectivity index (χ4n) is 1.13. The number of halogens is 1. The van der Waals surface area contributed by atoms with Gasteiger partial charge in [0.05, 0.1) is 13.2 Å². The summed E-state index contributed by atoms with van der Waals surface area (Å²) in [4.78, 5) is 11.0. The Balaban J connectivity index is 2.36. The molecule has 0 saturated carbocycles. The second-order valence-electron chi connectivity index (χ2n) is 3.08. The van der Waals surface area contributed by atoms with Crippen LogP contribution in [0.5, 0.6) is 0 Å². The molecule has 1 aliphatic rings. The van der Waals surface area contributed by atoms with Gasteiger partial charge in [0.25, 0.3) is 5.97 Å². The summed E-state index contributed by atoms with van der Waals surface area (Å²) in [5.41, 5.74) is 0. The highest BCUT2D eigenvalue weighted by atomic mass is 35.5. The Morgan fingerprint density at radius 1 is 1.87 bits per heavy atom. The van der Waals surface area contributed by atoms with E-state index in [2.05, 4.69) is 11.9 Å². The molecule has 1 saturated heterocycles. The molecular weight excluding hydrogens is 222 g/mol. The third-order valence-corrected chi connectivity index (χ3v) is 2.00. The molecule has 1 fully saturated rings. The monoisotopic (exact) mass is 235 g/mol. The zero-order valence-electron chi connectivity index (χ0n) is 8.49. The molecule has 0 aromatic rings. The van der Waals surface area contributed by atoms with E-state index in [-0.39, 0.29) is 18.4 Å². The number of alkyl halides is 1. The van der Waals surface area contributed by atoms with E-state index in [1.807, 2.05) is 0 Å². The van der Waals surface area contributed by atoms with E-state index in [1.165, 1.54) is 0 Å². The van der Waals surface area contributed by atoms with E-state index >= 15 is 0 Å². The molecule has 0 aromatic carbocycles. The van der Waals surface area contributed by atoms with Gasteiger partial charge < -0.3 is 19.5 Å². The summed E-state index contributed by atoms with van der Waals surface area (Å²) < 4.78 is 15.8. The van der Waals surface area contributed by atoms with Crippen LogP contribution in [0.3, 0.4) is 0 Å². The molecule has 0 radical (unpaired) electrons. The SMILES string of the molecule is C=CCOC1(C)OCC(NC(=O)CCl)O1. The van der Waals surface area contributed by atoms with Gasteiger partial charge in [-0.1, -0.05) is 6.08 Å².